The van der Waals surface area contributed by atoms with Crippen LogP contribution in [0.15, 0.2) is 144 Å². The Balaban J connectivity index is 0.000000180. The molecule has 0 amide bonds. The van der Waals surface area contributed by atoms with Crippen molar-refractivity contribution < 1.29 is 24.5 Å². The summed E-state index contributed by atoms with van der Waals surface area (Å²) in [6.07, 6.45) is 3.24. The molecule has 9 rings (SSSR count). The van der Waals surface area contributed by atoms with Crippen molar-refractivity contribution in [2.75, 3.05) is 0 Å². The van der Waals surface area contributed by atoms with Gasteiger partial charge in [-0.2, -0.15) is 0 Å². The molecule has 6 aromatic carbocycles. The fraction of sp³-hybridized carbons (Fsp3) is 0.167. The zero-order valence-electron chi connectivity index (χ0n) is 31.6. The molecule has 9 aromatic rings. The van der Waals surface area contributed by atoms with Crippen molar-refractivity contribution in [1.82, 2.24) is 14.5 Å². The molecule has 0 N–H and O–H groups in total. The summed E-state index contributed by atoms with van der Waals surface area (Å²) >= 11 is -1.90. The molecule has 54 heavy (non-hydrogen) atoms. The number of pyridine rings is 1. The molecule has 3 aromatic heterocycles. The Labute approximate surface area is 334 Å². The molecule has 0 saturated heterocycles. The van der Waals surface area contributed by atoms with Gasteiger partial charge >= 0.3 is 132 Å². The van der Waals surface area contributed by atoms with Crippen LogP contribution in [0.3, 0.4) is 0 Å². The molecule has 271 valence electrons. The minimum atomic E-state index is -1.90. The van der Waals surface area contributed by atoms with Crippen molar-refractivity contribution in [3.63, 3.8) is 0 Å². The number of hydrogen-bond donors (Lipinski definition) is 0. The van der Waals surface area contributed by atoms with Gasteiger partial charge in [-0.15, -0.1) is 18.2 Å². The summed E-state index contributed by atoms with van der Waals surface area (Å²) in [5.74, 6) is 8.15. The molecule has 0 aliphatic rings. The molecule has 1 radical (unpaired) electrons. The Bertz CT molecular complexity index is 2730. The van der Waals surface area contributed by atoms with E-state index in [1.807, 2.05) is 48.5 Å². The number of nitrogens with zero attached hydrogens (tertiary/aromatic N) is 3. The van der Waals surface area contributed by atoms with Gasteiger partial charge in [-0.1, -0.05) is 71.6 Å². The summed E-state index contributed by atoms with van der Waals surface area (Å²) in [5.41, 5.74) is 9.51. The molecule has 6 heteroatoms. The van der Waals surface area contributed by atoms with Gasteiger partial charge in [-0.05, 0) is 41.1 Å². The number of fused-ring (bicyclic) bond motifs is 5. The molecule has 0 aliphatic heterocycles. The van der Waals surface area contributed by atoms with E-state index in [1.165, 1.54) is 20.7 Å². The minimum absolute atomic E-state index is 0. The second-order valence-corrected chi connectivity index (χ2v) is 26.5. The quantitative estimate of drug-likeness (QED) is 0.128. The van der Waals surface area contributed by atoms with E-state index in [-0.39, 0.29) is 20.1 Å². The average Bonchev–Trinajstić information content (AvgIpc) is 3.73. The topological polar surface area (TPSA) is 43.9 Å². The summed E-state index contributed by atoms with van der Waals surface area (Å²) < 4.78 is 10.1. The number of benzene rings is 6. The maximum atomic E-state index is 6.31. The minimum Gasteiger partial charge on any atom is -0.501 e. The third kappa shape index (κ3) is 7.59. The molecule has 3 heterocycles. The van der Waals surface area contributed by atoms with Crippen LogP contribution in [0.1, 0.15) is 26.3 Å². The number of imidazole rings is 1. The third-order valence-corrected chi connectivity index (χ3v) is 14.0. The van der Waals surface area contributed by atoms with Crippen LogP contribution in [0.5, 0.6) is 0 Å². The standard InChI is InChI=1S/C29H17N2O.C19H26GeN.Ir/c1-2-9-20-18-21(17-16-19(20)8-1)31-26-14-5-4-13-25(26)30-29(31)24-12-7-11-23-22-10-3-6-15-27(22)32-28(23)24;1-19(2,3)13-16-12-18(15-10-8-7-9-11-15)21-14-17(16)20(4,5)6;/h1-11,13-18H;7-10,12,14H,13H2,1-6H3;/q2*-1;. The molecular formula is C48H43GeIrN3O-2. The Morgan fingerprint density at radius 2 is 1.46 bits per heavy atom. The van der Waals surface area contributed by atoms with Crippen molar-refractivity contribution >= 4 is 61.4 Å². The van der Waals surface area contributed by atoms with Crippen LogP contribution in [-0.2, 0) is 26.5 Å². The summed E-state index contributed by atoms with van der Waals surface area (Å²) in [7, 11) is 0. The van der Waals surface area contributed by atoms with Gasteiger partial charge in [0.15, 0.2) is 0 Å². The number of furan rings is 1. The first-order valence-electron chi connectivity index (χ1n) is 18.3. The van der Waals surface area contributed by atoms with Crippen molar-refractivity contribution in [3.8, 4) is 28.3 Å². The Hall–Kier alpha value is -4.81. The van der Waals surface area contributed by atoms with Crippen molar-refractivity contribution in [1.29, 1.82) is 0 Å². The van der Waals surface area contributed by atoms with Gasteiger partial charge in [0, 0.05) is 31.2 Å². The van der Waals surface area contributed by atoms with Gasteiger partial charge in [-0.3, -0.25) is 4.98 Å². The third-order valence-electron chi connectivity index (χ3n) is 9.62. The second-order valence-electron chi connectivity index (χ2n) is 16.0. The van der Waals surface area contributed by atoms with Crippen LogP contribution in [0, 0.1) is 17.5 Å². The van der Waals surface area contributed by atoms with Gasteiger partial charge in [0.25, 0.3) is 0 Å². The normalized spacial score (nSPS) is 11.8. The summed E-state index contributed by atoms with van der Waals surface area (Å²) in [5, 5.41) is 4.59. The number of rotatable bonds is 5. The average molecular weight is 943 g/mol. The van der Waals surface area contributed by atoms with E-state index in [2.05, 4.69) is 146 Å². The van der Waals surface area contributed by atoms with Gasteiger partial charge in [0.2, 0.25) is 0 Å². The zero-order valence-corrected chi connectivity index (χ0v) is 36.1. The van der Waals surface area contributed by atoms with Crippen molar-refractivity contribution in [2.45, 2.75) is 44.5 Å². The summed E-state index contributed by atoms with van der Waals surface area (Å²) in [6.45, 7) is 6.92. The second kappa shape index (κ2) is 15.1. The van der Waals surface area contributed by atoms with Crippen LogP contribution < -0.4 is 4.40 Å². The zero-order chi connectivity index (χ0) is 36.7. The maximum Gasteiger partial charge on any atom is 0.120 e. The summed E-state index contributed by atoms with van der Waals surface area (Å²) in [6, 6.07) is 52.4. The van der Waals surface area contributed by atoms with Gasteiger partial charge in [0.1, 0.15) is 5.58 Å². The molecule has 4 nitrogen and oxygen atoms in total. The molecule has 0 bridgehead atoms. The Kier molecular flexibility index (Phi) is 10.5. The van der Waals surface area contributed by atoms with Gasteiger partial charge in [-0.25, -0.2) is 0 Å². The molecule has 0 aliphatic carbocycles. The molecule has 0 atom stereocenters. The molecule has 0 spiro atoms. The van der Waals surface area contributed by atoms with E-state index in [1.54, 1.807) is 0 Å². The first kappa shape index (κ1) is 37.5. The number of hydrogen-bond acceptors (Lipinski definition) is 3. The Morgan fingerprint density at radius 3 is 2.24 bits per heavy atom. The molecule has 0 unspecified atom stereocenters. The first-order chi connectivity index (χ1) is 25.5. The van der Waals surface area contributed by atoms with E-state index in [4.69, 9.17) is 14.4 Å². The predicted octanol–water partition coefficient (Wildman–Crippen LogP) is 12.2. The smallest absolute Gasteiger partial charge is 0.120 e. The SMILES string of the molecule is CC(C)(C)Cc1cc(-c2[c-]cccc2)nc[c]1[Ge]([CH3])([CH3])[CH3].[Ir].[c-]1ccc2c(oc3ccccc32)c1-c1nc2ccccc2n1-c1ccc2ccccc2c1. The summed E-state index contributed by atoms with van der Waals surface area (Å²) in [4.78, 5) is 9.75. The fourth-order valence-corrected chi connectivity index (χ4v) is 10.5. The van der Waals surface area contributed by atoms with E-state index < -0.39 is 13.3 Å². The van der Waals surface area contributed by atoms with Crippen LogP contribution in [0.4, 0.5) is 0 Å². The largest absolute Gasteiger partial charge is 0.501 e. The number of para-hydroxylation sites is 3. The first-order valence-corrected chi connectivity index (χ1v) is 25.6. The van der Waals surface area contributed by atoms with E-state index in [0.717, 1.165) is 67.7 Å². The number of aromatic nitrogens is 3. The van der Waals surface area contributed by atoms with Gasteiger partial charge < -0.3 is 8.98 Å². The van der Waals surface area contributed by atoms with Crippen molar-refractivity contribution in [3.05, 3.63) is 157 Å². The van der Waals surface area contributed by atoms with E-state index in [0.29, 0.717) is 5.41 Å². The monoisotopic (exact) mass is 944 g/mol. The fourth-order valence-electron chi connectivity index (χ4n) is 7.22. The maximum absolute atomic E-state index is 6.31. The molecule has 0 saturated carbocycles. The molecule has 0 fully saturated rings. The molecular weight excluding hydrogens is 899 g/mol. The van der Waals surface area contributed by atoms with Gasteiger partial charge in [0.05, 0.1) is 22.4 Å². The van der Waals surface area contributed by atoms with Crippen LogP contribution >= 0.6 is 0 Å². The van der Waals surface area contributed by atoms with Crippen molar-refractivity contribution in [2.24, 2.45) is 5.41 Å². The van der Waals surface area contributed by atoms with Crippen LogP contribution in [-0.4, -0.2) is 27.8 Å². The van der Waals surface area contributed by atoms with Crippen LogP contribution in [0.25, 0.3) is 72.1 Å². The Morgan fingerprint density at radius 1 is 0.722 bits per heavy atom. The van der Waals surface area contributed by atoms with E-state index in [9.17, 15) is 0 Å². The predicted molar refractivity (Wildman–Crippen MR) is 225 cm³/mol. The van der Waals surface area contributed by atoms with E-state index >= 15 is 0 Å². The van der Waals surface area contributed by atoms with Crippen LogP contribution in [0.2, 0.25) is 17.3 Å².